The lowest BCUT2D eigenvalue weighted by molar-refractivity contribution is -0.141. The number of benzene rings is 1. The normalized spacial score (nSPS) is 11.5. The van der Waals surface area contributed by atoms with Gasteiger partial charge in [0.1, 0.15) is 11.2 Å². The van der Waals surface area contributed by atoms with Crippen molar-refractivity contribution < 1.29 is 18.0 Å². The summed E-state index contributed by atoms with van der Waals surface area (Å²) in [5.41, 5.74) is 1.16. The molecular formula is C28H21F3N6O2. The molecule has 4 heterocycles. The van der Waals surface area contributed by atoms with Crippen LogP contribution in [0.4, 0.5) is 18.9 Å². The number of alkyl halides is 3. The van der Waals surface area contributed by atoms with Gasteiger partial charge in [0.25, 0.3) is 5.56 Å². The van der Waals surface area contributed by atoms with E-state index in [1.54, 1.807) is 55.5 Å². The summed E-state index contributed by atoms with van der Waals surface area (Å²) in [5.74, 6) is -0.449. The molecule has 0 aliphatic carbocycles. The summed E-state index contributed by atoms with van der Waals surface area (Å²) < 4.78 is 40.8. The van der Waals surface area contributed by atoms with E-state index < -0.39 is 23.3 Å². The third-order valence-corrected chi connectivity index (χ3v) is 5.79. The standard InChI is InChI=1S/C28H21F3N6O2/c1-15-7-6-10-19(32-15)13-22(38)34-20-14-23(39)35-27-26(20)36-25(24(37-27)17-8-4-3-5-9-17)18-11-16(2)33-21(12-18)28(29,30)31/h3-12,14H,13H2,1-2H3,(H2,34,35,37,38,39). The number of pyridine rings is 3. The second kappa shape index (κ2) is 10.1. The van der Waals surface area contributed by atoms with Crippen LogP contribution in [0.5, 0.6) is 0 Å². The Morgan fingerprint density at radius 1 is 0.846 bits per heavy atom. The van der Waals surface area contributed by atoms with Crippen molar-refractivity contribution in [1.29, 1.82) is 0 Å². The number of aromatic nitrogens is 5. The minimum absolute atomic E-state index is 0.0587. The molecule has 0 spiro atoms. The molecule has 0 bridgehead atoms. The minimum Gasteiger partial charge on any atom is -0.324 e. The minimum atomic E-state index is -4.67. The van der Waals surface area contributed by atoms with E-state index in [0.717, 1.165) is 17.8 Å². The van der Waals surface area contributed by atoms with Gasteiger partial charge in [-0.3, -0.25) is 14.6 Å². The van der Waals surface area contributed by atoms with Crippen molar-refractivity contribution in [2.24, 2.45) is 0 Å². The van der Waals surface area contributed by atoms with E-state index in [0.29, 0.717) is 11.3 Å². The van der Waals surface area contributed by atoms with Crippen LogP contribution < -0.4 is 10.9 Å². The Hall–Kier alpha value is -4.93. The SMILES string of the molecule is Cc1cccc(CC(=O)Nc2cc(=O)[nH]c3nc(-c4ccccc4)c(-c4cc(C)nc(C(F)(F)F)c4)nc23)n1. The number of hydrogen-bond donors (Lipinski definition) is 2. The maximum atomic E-state index is 13.6. The predicted molar refractivity (Wildman–Crippen MR) is 140 cm³/mol. The number of hydrogen-bond acceptors (Lipinski definition) is 6. The molecule has 0 saturated heterocycles. The number of halogens is 3. The number of amides is 1. The monoisotopic (exact) mass is 530 g/mol. The van der Waals surface area contributed by atoms with E-state index in [1.165, 1.54) is 13.0 Å². The Balaban J connectivity index is 1.68. The molecule has 1 aromatic carbocycles. The number of aryl methyl sites for hydroxylation is 2. The lowest BCUT2D eigenvalue weighted by Gasteiger charge is -2.15. The van der Waals surface area contributed by atoms with Gasteiger partial charge in [0.05, 0.1) is 23.5 Å². The molecule has 39 heavy (non-hydrogen) atoms. The van der Waals surface area contributed by atoms with Crippen LogP contribution in [-0.4, -0.2) is 30.8 Å². The highest BCUT2D eigenvalue weighted by molar-refractivity contribution is 6.00. The van der Waals surface area contributed by atoms with Gasteiger partial charge in [0.15, 0.2) is 5.65 Å². The summed E-state index contributed by atoms with van der Waals surface area (Å²) >= 11 is 0. The average Bonchev–Trinajstić information content (AvgIpc) is 2.87. The Bertz CT molecular complexity index is 1770. The average molecular weight is 531 g/mol. The summed E-state index contributed by atoms with van der Waals surface area (Å²) in [5, 5.41) is 2.68. The molecule has 0 fully saturated rings. The second-order valence-corrected chi connectivity index (χ2v) is 8.91. The quantitative estimate of drug-likeness (QED) is 0.321. The van der Waals surface area contributed by atoms with E-state index in [1.807, 2.05) is 0 Å². The van der Waals surface area contributed by atoms with Crippen LogP contribution in [0.1, 0.15) is 22.8 Å². The third kappa shape index (κ3) is 5.66. The molecule has 0 aliphatic heterocycles. The number of rotatable bonds is 5. The van der Waals surface area contributed by atoms with Crippen molar-refractivity contribution in [3.05, 3.63) is 99.9 Å². The lowest BCUT2D eigenvalue weighted by atomic mass is 10.0. The van der Waals surface area contributed by atoms with Gasteiger partial charge in [-0.15, -0.1) is 0 Å². The van der Waals surface area contributed by atoms with Gasteiger partial charge >= 0.3 is 6.18 Å². The third-order valence-electron chi connectivity index (χ3n) is 5.79. The number of H-pyrrole nitrogens is 1. The van der Waals surface area contributed by atoms with Crippen molar-refractivity contribution in [3.63, 3.8) is 0 Å². The number of anilines is 1. The number of carbonyl (C=O) groups is 1. The molecule has 4 aromatic heterocycles. The first-order chi connectivity index (χ1) is 18.6. The van der Waals surface area contributed by atoms with Gasteiger partial charge in [0, 0.05) is 34.3 Å². The van der Waals surface area contributed by atoms with E-state index >= 15 is 0 Å². The molecular weight excluding hydrogens is 509 g/mol. The van der Waals surface area contributed by atoms with Gasteiger partial charge in [-0.2, -0.15) is 13.2 Å². The van der Waals surface area contributed by atoms with E-state index in [-0.39, 0.29) is 45.9 Å². The van der Waals surface area contributed by atoms with Gasteiger partial charge in [-0.05, 0) is 38.1 Å². The van der Waals surface area contributed by atoms with Crippen molar-refractivity contribution >= 4 is 22.8 Å². The predicted octanol–water partition coefficient (Wildman–Crippen LogP) is 5.26. The largest absolute Gasteiger partial charge is 0.433 e. The van der Waals surface area contributed by atoms with E-state index in [4.69, 9.17) is 0 Å². The molecule has 0 saturated carbocycles. The van der Waals surface area contributed by atoms with E-state index in [2.05, 4.69) is 30.2 Å². The van der Waals surface area contributed by atoms with Gasteiger partial charge in [0.2, 0.25) is 5.91 Å². The van der Waals surface area contributed by atoms with E-state index in [9.17, 15) is 22.8 Å². The number of aromatic amines is 1. The van der Waals surface area contributed by atoms with Crippen LogP contribution in [0.3, 0.4) is 0 Å². The van der Waals surface area contributed by atoms with Crippen LogP contribution in [0.25, 0.3) is 33.7 Å². The van der Waals surface area contributed by atoms with Crippen LogP contribution in [0.2, 0.25) is 0 Å². The molecule has 11 heteroatoms. The molecule has 2 N–H and O–H groups in total. The van der Waals surface area contributed by atoms with Crippen LogP contribution in [0.15, 0.2) is 71.5 Å². The summed E-state index contributed by atoms with van der Waals surface area (Å²) in [6.07, 6.45) is -4.73. The summed E-state index contributed by atoms with van der Waals surface area (Å²) in [6, 6.07) is 17.6. The summed E-state index contributed by atoms with van der Waals surface area (Å²) in [6.45, 7) is 3.26. The topological polar surface area (TPSA) is 114 Å². The van der Waals surface area contributed by atoms with Crippen molar-refractivity contribution in [2.75, 3.05) is 5.32 Å². The highest BCUT2D eigenvalue weighted by Gasteiger charge is 2.33. The molecule has 0 unspecified atom stereocenters. The van der Waals surface area contributed by atoms with Gasteiger partial charge in [-0.1, -0.05) is 36.4 Å². The molecule has 0 aliphatic rings. The van der Waals surface area contributed by atoms with Gasteiger partial charge < -0.3 is 10.3 Å². The fourth-order valence-electron chi connectivity index (χ4n) is 4.16. The second-order valence-electron chi connectivity index (χ2n) is 8.91. The molecule has 196 valence electrons. The number of nitrogens with one attached hydrogen (secondary N) is 2. The zero-order valence-electron chi connectivity index (χ0n) is 20.8. The summed E-state index contributed by atoms with van der Waals surface area (Å²) in [7, 11) is 0. The van der Waals surface area contributed by atoms with Crippen molar-refractivity contribution in [1.82, 2.24) is 24.9 Å². The fraction of sp³-hybridized carbons (Fsp3) is 0.143. The molecule has 0 atom stereocenters. The lowest BCUT2D eigenvalue weighted by Crippen LogP contribution is -2.18. The first kappa shape index (κ1) is 25.7. The zero-order chi connectivity index (χ0) is 27.7. The van der Waals surface area contributed by atoms with Crippen LogP contribution in [0, 0.1) is 13.8 Å². The Morgan fingerprint density at radius 3 is 2.31 bits per heavy atom. The summed E-state index contributed by atoms with van der Waals surface area (Å²) in [4.78, 5) is 45.1. The highest BCUT2D eigenvalue weighted by Crippen LogP contribution is 2.35. The first-order valence-electron chi connectivity index (χ1n) is 11.9. The maximum Gasteiger partial charge on any atom is 0.433 e. The fourth-order valence-corrected chi connectivity index (χ4v) is 4.16. The molecule has 0 radical (unpaired) electrons. The smallest absolute Gasteiger partial charge is 0.324 e. The maximum absolute atomic E-state index is 13.6. The van der Waals surface area contributed by atoms with Crippen LogP contribution in [-0.2, 0) is 17.4 Å². The van der Waals surface area contributed by atoms with Crippen LogP contribution >= 0.6 is 0 Å². The molecule has 5 aromatic rings. The number of carbonyl (C=O) groups excluding carboxylic acids is 1. The van der Waals surface area contributed by atoms with Gasteiger partial charge in [-0.25, -0.2) is 15.0 Å². The van der Waals surface area contributed by atoms with Crippen molar-refractivity contribution in [2.45, 2.75) is 26.4 Å². The first-order valence-corrected chi connectivity index (χ1v) is 11.9. The van der Waals surface area contributed by atoms with Crippen molar-refractivity contribution in [3.8, 4) is 22.5 Å². The zero-order valence-corrected chi connectivity index (χ0v) is 20.8. The Kier molecular flexibility index (Phi) is 6.65. The molecule has 1 amide bonds. The Morgan fingerprint density at radius 2 is 1.59 bits per heavy atom. The molecule has 8 nitrogen and oxygen atoms in total. The Labute approximate surface area is 220 Å². The highest BCUT2D eigenvalue weighted by atomic mass is 19.4. The number of nitrogens with zero attached hydrogens (tertiary/aromatic N) is 4. The molecule has 5 rings (SSSR count). The number of fused-ring (bicyclic) bond motifs is 1.